The first-order valence-electron chi connectivity index (χ1n) is 11.1. The predicted molar refractivity (Wildman–Crippen MR) is 128 cm³/mol. The number of hydrogen-bond acceptors (Lipinski definition) is 1. The van der Waals surface area contributed by atoms with Gasteiger partial charge in [-0.2, -0.15) is 37.2 Å². The Balaban J connectivity index is 1.43. The van der Waals surface area contributed by atoms with Crippen LogP contribution in [0.4, 0.5) is 26.3 Å². The molecule has 1 nitrogen and oxygen atoms in total. The van der Waals surface area contributed by atoms with Crippen LogP contribution in [0.15, 0.2) is 106 Å². The summed E-state index contributed by atoms with van der Waals surface area (Å²) in [7, 11) is -0.789. The van der Waals surface area contributed by atoms with Gasteiger partial charge in [-0.15, -0.1) is 0 Å². The number of alkyl halides is 6. The van der Waals surface area contributed by atoms with E-state index in [1.807, 2.05) is 36.4 Å². The monoisotopic (exact) mass is 518 g/mol. The van der Waals surface area contributed by atoms with Gasteiger partial charge in [0, 0.05) is 9.79 Å². The van der Waals surface area contributed by atoms with E-state index in [2.05, 4.69) is 24.3 Å². The van der Waals surface area contributed by atoms with Crippen molar-refractivity contribution in [2.24, 2.45) is 0 Å². The topological polar surface area (TPSA) is 9.23 Å². The van der Waals surface area contributed by atoms with Crippen molar-refractivity contribution in [3.05, 3.63) is 108 Å². The molecule has 0 aliphatic carbocycles. The van der Waals surface area contributed by atoms with Gasteiger partial charge in [0.15, 0.2) is 0 Å². The number of fused-ring (bicyclic) bond motifs is 3. The summed E-state index contributed by atoms with van der Waals surface area (Å²) >= 11 is 0. The summed E-state index contributed by atoms with van der Waals surface area (Å²) in [6, 6.07) is 25.2. The van der Waals surface area contributed by atoms with Crippen LogP contribution in [0.25, 0.3) is 11.1 Å². The molecule has 1 heterocycles. The summed E-state index contributed by atoms with van der Waals surface area (Å²) in [5.74, 6) is 0.355. The Morgan fingerprint density at radius 1 is 0.639 bits per heavy atom. The average molecular weight is 519 g/mol. The Bertz CT molecular complexity index is 1330. The van der Waals surface area contributed by atoms with Crippen molar-refractivity contribution in [1.82, 2.24) is 0 Å². The Morgan fingerprint density at radius 3 is 1.58 bits per heavy atom. The van der Waals surface area contributed by atoms with Crippen molar-refractivity contribution in [2.75, 3.05) is 0 Å². The maximum Gasteiger partial charge on any atom is 0.416 e. The first-order chi connectivity index (χ1) is 17.0. The summed E-state index contributed by atoms with van der Waals surface area (Å²) in [5, 5.41) is 0. The number of ether oxygens (including phenoxy) is 1. The normalized spacial score (nSPS) is 14.8. The third kappa shape index (κ3) is 4.57. The highest BCUT2D eigenvalue weighted by Gasteiger charge is 2.37. The van der Waals surface area contributed by atoms with E-state index in [1.165, 1.54) is 27.8 Å². The van der Waals surface area contributed by atoms with E-state index in [1.54, 1.807) is 12.1 Å². The summed E-state index contributed by atoms with van der Waals surface area (Å²) in [6.45, 7) is 1.43. The van der Waals surface area contributed by atoms with Crippen LogP contribution in [0.5, 0.6) is 5.75 Å². The molecule has 0 saturated heterocycles. The molecule has 1 aliphatic heterocycles. The van der Waals surface area contributed by atoms with Crippen LogP contribution in [-0.4, -0.2) is 0 Å². The van der Waals surface area contributed by atoms with Crippen LogP contribution in [0.3, 0.4) is 0 Å². The molecular formula is C28H20F6OS. The lowest BCUT2D eigenvalue weighted by Crippen LogP contribution is -2.14. The summed E-state index contributed by atoms with van der Waals surface area (Å²) in [5.41, 5.74) is -0.542. The average Bonchev–Trinajstić information content (AvgIpc) is 3.18. The van der Waals surface area contributed by atoms with Gasteiger partial charge in [0.25, 0.3) is 0 Å². The second kappa shape index (κ2) is 8.92. The zero-order valence-corrected chi connectivity index (χ0v) is 19.8. The maximum atomic E-state index is 13.2. The molecular weight excluding hydrogens is 498 g/mol. The van der Waals surface area contributed by atoms with Gasteiger partial charge in [-0.25, -0.2) is 0 Å². The molecule has 186 valence electrons. The Labute approximate surface area is 206 Å². The zero-order chi connectivity index (χ0) is 25.7. The lowest BCUT2D eigenvalue weighted by Gasteiger charge is -2.21. The van der Waals surface area contributed by atoms with E-state index in [0.717, 1.165) is 4.90 Å². The molecule has 4 aromatic carbocycles. The Hall–Kier alpha value is -3.39. The molecule has 5 rings (SSSR count). The molecule has 0 spiro atoms. The third-order valence-corrected chi connectivity index (χ3v) is 8.63. The van der Waals surface area contributed by atoms with Crippen LogP contribution >= 0.6 is 10.9 Å². The van der Waals surface area contributed by atoms with Crippen LogP contribution in [0, 0.1) is 0 Å². The van der Waals surface area contributed by atoms with Crippen molar-refractivity contribution in [1.29, 1.82) is 0 Å². The highest BCUT2D eigenvalue weighted by Crippen LogP contribution is 2.62. The molecule has 0 N–H and O–H groups in total. The molecule has 0 aromatic heterocycles. The molecule has 0 amide bonds. The first-order valence-corrected chi connectivity index (χ1v) is 12.4. The molecule has 8 heteroatoms. The fraction of sp³-hybridized carbons (Fsp3) is 0.143. The highest BCUT2D eigenvalue weighted by molar-refractivity contribution is 8.17. The molecule has 36 heavy (non-hydrogen) atoms. The fourth-order valence-corrected chi connectivity index (χ4v) is 6.97. The van der Waals surface area contributed by atoms with E-state index in [9.17, 15) is 26.3 Å². The SMILES string of the molecule is CC(Oc1ccc([SH]2c3ccccc3-c3ccccc32)cc1)c1cc(C(F)(F)F)cc(C(F)(F)F)c1. The smallest absolute Gasteiger partial charge is 0.416 e. The number of halogens is 6. The summed E-state index contributed by atoms with van der Waals surface area (Å²) in [4.78, 5) is 3.54. The molecule has 0 saturated carbocycles. The van der Waals surface area contributed by atoms with Gasteiger partial charge in [0.05, 0.1) is 11.1 Å². The van der Waals surface area contributed by atoms with Gasteiger partial charge >= 0.3 is 12.4 Å². The number of hydrogen-bond donors (Lipinski definition) is 1. The predicted octanol–water partition coefficient (Wildman–Crippen LogP) is 9.32. The van der Waals surface area contributed by atoms with Crippen molar-refractivity contribution < 1.29 is 31.1 Å². The molecule has 0 radical (unpaired) electrons. The second-order valence-corrected chi connectivity index (χ2v) is 10.6. The summed E-state index contributed by atoms with van der Waals surface area (Å²) < 4.78 is 85.1. The Kier molecular flexibility index (Phi) is 6.03. The first kappa shape index (κ1) is 24.3. The quantitative estimate of drug-likeness (QED) is 0.184. The van der Waals surface area contributed by atoms with Crippen LogP contribution < -0.4 is 4.74 Å². The minimum absolute atomic E-state index is 0.116. The van der Waals surface area contributed by atoms with Gasteiger partial charge in [-0.1, -0.05) is 36.4 Å². The van der Waals surface area contributed by atoms with E-state index in [0.29, 0.717) is 17.9 Å². The van der Waals surface area contributed by atoms with Crippen molar-refractivity contribution in [3.63, 3.8) is 0 Å². The minimum atomic E-state index is -4.91. The number of thiol groups is 1. The van der Waals surface area contributed by atoms with Crippen molar-refractivity contribution >= 4 is 10.9 Å². The molecule has 4 aromatic rings. The summed E-state index contributed by atoms with van der Waals surface area (Å²) in [6.07, 6.45) is -10.8. The van der Waals surface area contributed by atoms with E-state index < -0.39 is 40.5 Å². The fourth-order valence-electron chi connectivity index (χ4n) is 4.36. The van der Waals surface area contributed by atoms with Crippen LogP contribution in [0.2, 0.25) is 0 Å². The van der Waals surface area contributed by atoms with Crippen LogP contribution in [-0.2, 0) is 12.4 Å². The largest absolute Gasteiger partial charge is 0.486 e. The van der Waals surface area contributed by atoms with Gasteiger partial charge in [-0.3, -0.25) is 0 Å². The number of benzene rings is 4. The van der Waals surface area contributed by atoms with Crippen molar-refractivity contribution in [3.8, 4) is 16.9 Å². The van der Waals surface area contributed by atoms with Gasteiger partial charge in [0.2, 0.25) is 0 Å². The van der Waals surface area contributed by atoms with Crippen LogP contribution in [0.1, 0.15) is 29.7 Å². The van der Waals surface area contributed by atoms with E-state index in [-0.39, 0.29) is 11.6 Å². The maximum absolute atomic E-state index is 13.2. The second-order valence-electron chi connectivity index (χ2n) is 8.46. The Morgan fingerprint density at radius 2 is 1.11 bits per heavy atom. The standard InChI is InChI=1S/C28H20F6OS/c1-17(18-14-19(27(29,30)31)16-20(15-18)28(32,33)34)35-21-10-12-22(13-11-21)36-25-8-4-2-6-23(25)24-7-3-5-9-26(24)36/h2-17,36H,1H3. The van der Waals surface area contributed by atoms with Gasteiger partial charge in [0.1, 0.15) is 11.9 Å². The lowest BCUT2D eigenvalue weighted by atomic mass is 10.0. The molecule has 1 unspecified atom stereocenters. The minimum Gasteiger partial charge on any atom is -0.486 e. The molecule has 1 aliphatic rings. The lowest BCUT2D eigenvalue weighted by molar-refractivity contribution is -0.143. The third-order valence-electron chi connectivity index (χ3n) is 6.07. The van der Waals surface area contributed by atoms with E-state index >= 15 is 0 Å². The highest BCUT2D eigenvalue weighted by atomic mass is 32.2. The van der Waals surface area contributed by atoms with E-state index in [4.69, 9.17) is 4.74 Å². The molecule has 0 bridgehead atoms. The molecule has 1 atom stereocenters. The van der Waals surface area contributed by atoms with Crippen molar-refractivity contribution in [2.45, 2.75) is 40.1 Å². The van der Waals surface area contributed by atoms with Gasteiger partial charge in [-0.05, 0) is 83.1 Å². The van der Waals surface area contributed by atoms with Gasteiger partial charge < -0.3 is 4.74 Å². The molecule has 0 fully saturated rings. The zero-order valence-electron chi connectivity index (χ0n) is 18.9. The number of rotatable bonds is 4.